The first-order valence-electron chi connectivity index (χ1n) is 8.35. The summed E-state index contributed by atoms with van der Waals surface area (Å²) in [6.07, 6.45) is 12.1. The van der Waals surface area contributed by atoms with Gasteiger partial charge < -0.3 is 5.32 Å². The molecule has 0 saturated heterocycles. The van der Waals surface area contributed by atoms with E-state index >= 15 is 0 Å². The number of rotatable bonds is 8. The molecule has 1 aliphatic rings. The highest BCUT2D eigenvalue weighted by Gasteiger charge is 2.19. The molecule has 1 aromatic carbocycles. The van der Waals surface area contributed by atoms with E-state index < -0.39 is 0 Å². The summed E-state index contributed by atoms with van der Waals surface area (Å²) >= 11 is 0. The van der Waals surface area contributed by atoms with E-state index in [2.05, 4.69) is 31.8 Å². The lowest BCUT2D eigenvalue weighted by Crippen LogP contribution is -2.09. The van der Waals surface area contributed by atoms with E-state index in [0.717, 1.165) is 13.0 Å². The Morgan fingerprint density at radius 2 is 2.05 bits per heavy atom. The van der Waals surface area contributed by atoms with Gasteiger partial charge in [-0.1, -0.05) is 51.8 Å². The highest BCUT2D eigenvalue weighted by molar-refractivity contribution is 5.70. The maximum atomic E-state index is 4.02. The minimum Gasteiger partial charge on any atom is -0.385 e. The fourth-order valence-electron chi connectivity index (χ4n) is 3.32. The molecular weight excluding hydrogens is 242 g/mol. The van der Waals surface area contributed by atoms with E-state index in [0.29, 0.717) is 0 Å². The minimum atomic E-state index is 1.11. The Hall–Kier alpha value is -1.24. The Kier molecular flexibility index (Phi) is 5.70. The van der Waals surface area contributed by atoms with Crippen molar-refractivity contribution in [1.82, 2.24) is 0 Å². The van der Waals surface area contributed by atoms with Crippen LogP contribution in [-0.4, -0.2) is 6.54 Å². The molecule has 1 N–H and O–H groups in total. The molecule has 20 heavy (non-hydrogen) atoms. The van der Waals surface area contributed by atoms with Gasteiger partial charge in [0.15, 0.2) is 0 Å². The molecule has 0 saturated carbocycles. The maximum absolute atomic E-state index is 4.02. The van der Waals surface area contributed by atoms with Crippen LogP contribution in [0.4, 0.5) is 5.69 Å². The fourth-order valence-corrected chi connectivity index (χ4v) is 3.32. The number of hydrogen-bond acceptors (Lipinski definition) is 1. The van der Waals surface area contributed by atoms with Crippen molar-refractivity contribution >= 4 is 11.8 Å². The van der Waals surface area contributed by atoms with Crippen molar-refractivity contribution in [3.8, 4) is 0 Å². The fraction of sp³-hybridized carbons (Fsp3) is 0.579. The maximum Gasteiger partial charge on any atom is 0.0414 e. The standard InChI is InChI=1S/C19H29N/c1-4-7-8-13-20-19-17(10-5-2)15(6-3)14-16-11-9-12-18(16)19/h6,14,20H,3-5,7-13H2,1-2H3. The quantitative estimate of drug-likeness (QED) is 0.626. The van der Waals surface area contributed by atoms with Crippen LogP contribution in [0, 0.1) is 0 Å². The number of hydrogen-bond donors (Lipinski definition) is 1. The van der Waals surface area contributed by atoms with Gasteiger partial charge in [-0.05, 0) is 54.4 Å². The van der Waals surface area contributed by atoms with Gasteiger partial charge in [0.2, 0.25) is 0 Å². The summed E-state index contributed by atoms with van der Waals surface area (Å²) in [5, 5.41) is 3.76. The van der Waals surface area contributed by atoms with Crippen molar-refractivity contribution in [1.29, 1.82) is 0 Å². The lowest BCUT2D eigenvalue weighted by atomic mass is 9.94. The monoisotopic (exact) mass is 271 g/mol. The van der Waals surface area contributed by atoms with Gasteiger partial charge in [0.25, 0.3) is 0 Å². The minimum absolute atomic E-state index is 1.11. The van der Waals surface area contributed by atoms with Crippen LogP contribution >= 0.6 is 0 Å². The predicted molar refractivity (Wildman–Crippen MR) is 90.6 cm³/mol. The third-order valence-electron chi connectivity index (χ3n) is 4.34. The summed E-state index contributed by atoms with van der Waals surface area (Å²) in [4.78, 5) is 0. The summed E-state index contributed by atoms with van der Waals surface area (Å²) in [6, 6.07) is 2.39. The molecule has 1 aromatic rings. The third kappa shape index (κ3) is 3.26. The van der Waals surface area contributed by atoms with Crippen molar-refractivity contribution in [2.75, 3.05) is 11.9 Å². The molecule has 2 rings (SSSR count). The molecule has 0 aromatic heterocycles. The van der Waals surface area contributed by atoms with Crippen LogP contribution in [0.3, 0.4) is 0 Å². The topological polar surface area (TPSA) is 12.0 Å². The van der Waals surface area contributed by atoms with Crippen molar-refractivity contribution in [3.05, 3.63) is 34.9 Å². The van der Waals surface area contributed by atoms with E-state index in [1.54, 1.807) is 11.1 Å². The van der Waals surface area contributed by atoms with Crippen molar-refractivity contribution in [3.63, 3.8) is 0 Å². The largest absolute Gasteiger partial charge is 0.385 e. The number of anilines is 1. The number of fused-ring (bicyclic) bond motifs is 1. The van der Waals surface area contributed by atoms with Gasteiger partial charge in [0, 0.05) is 12.2 Å². The number of unbranched alkanes of at least 4 members (excludes halogenated alkanes) is 2. The van der Waals surface area contributed by atoms with Crippen LogP contribution in [0.1, 0.15) is 68.2 Å². The molecule has 110 valence electrons. The van der Waals surface area contributed by atoms with Gasteiger partial charge in [-0.15, -0.1) is 0 Å². The van der Waals surface area contributed by atoms with Crippen LogP contribution in [-0.2, 0) is 19.3 Å². The Bertz CT molecular complexity index is 459. The first-order chi connectivity index (χ1) is 9.81. The molecular formula is C19H29N. The first kappa shape index (κ1) is 15.2. The molecule has 1 aliphatic carbocycles. The van der Waals surface area contributed by atoms with Crippen molar-refractivity contribution in [2.45, 2.75) is 65.2 Å². The molecule has 0 amide bonds. The molecule has 0 unspecified atom stereocenters. The summed E-state index contributed by atoms with van der Waals surface area (Å²) in [5.41, 5.74) is 7.45. The van der Waals surface area contributed by atoms with E-state index in [9.17, 15) is 0 Å². The summed E-state index contributed by atoms with van der Waals surface area (Å²) in [6.45, 7) is 9.66. The third-order valence-corrected chi connectivity index (χ3v) is 4.34. The van der Waals surface area contributed by atoms with Crippen LogP contribution in [0.25, 0.3) is 6.08 Å². The van der Waals surface area contributed by atoms with Gasteiger partial charge in [-0.25, -0.2) is 0 Å². The second kappa shape index (κ2) is 7.52. The number of nitrogens with one attached hydrogen (secondary N) is 1. The Balaban J connectivity index is 2.29. The van der Waals surface area contributed by atoms with Crippen molar-refractivity contribution in [2.24, 2.45) is 0 Å². The lowest BCUT2D eigenvalue weighted by Gasteiger charge is -2.19. The van der Waals surface area contributed by atoms with Gasteiger partial charge >= 0.3 is 0 Å². The van der Waals surface area contributed by atoms with E-state index in [1.807, 2.05) is 6.08 Å². The number of aryl methyl sites for hydroxylation is 1. The second-order valence-corrected chi connectivity index (χ2v) is 5.90. The molecule has 0 radical (unpaired) electrons. The average Bonchev–Trinajstić information content (AvgIpc) is 2.92. The molecule has 0 heterocycles. The molecule has 0 fully saturated rings. The molecule has 0 aliphatic heterocycles. The number of benzene rings is 1. The van der Waals surface area contributed by atoms with Crippen LogP contribution < -0.4 is 5.32 Å². The van der Waals surface area contributed by atoms with Crippen LogP contribution in [0.5, 0.6) is 0 Å². The Labute approximate surface area is 124 Å². The predicted octanol–water partition coefficient (Wildman–Crippen LogP) is 5.37. The lowest BCUT2D eigenvalue weighted by molar-refractivity contribution is 0.742. The van der Waals surface area contributed by atoms with E-state index in [-0.39, 0.29) is 0 Å². The zero-order chi connectivity index (χ0) is 14.4. The second-order valence-electron chi connectivity index (χ2n) is 5.90. The normalized spacial score (nSPS) is 13.3. The van der Waals surface area contributed by atoms with E-state index in [4.69, 9.17) is 0 Å². The molecule has 1 nitrogen and oxygen atoms in total. The zero-order valence-corrected chi connectivity index (χ0v) is 13.2. The highest BCUT2D eigenvalue weighted by Crippen LogP contribution is 2.35. The van der Waals surface area contributed by atoms with Crippen LogP contribution in [0.2, 0.25) is 0 Å². The average molecular weight is 271 g/mol. The smallest absolute Gasteiger partial charge is 0.0414 e. The van der Waals surface area contributed by atoms with E-state index in [1.165, 1.54) is 61.8 Å². The molecule has 0 spiro atoms. The summed E-state index contributed by atoms with van der Waals surface area (Å²) < 4.78 is 0. The molecule has 0 atom stereocenters. The first-order valence-corrected chi connectivity index (χ1v) is 8.35. The summed E-state index contributed by atoms with van der Waals surface area (Å²) in [7, 11) is 0. The van der Waals surface area contributed by atoms with Crippen molar-refractivity contribution < 1.29 is 0 Å². The van der Waals surface area contributed by atoms with Gasteiger partial charge in [0.05, 0.1) is 0 Å². The van der Waals surface area contributed by atoms with Crippen LogP contribution in [0.15, 0.2) is 12.6 Å². The summed E-state index contributed by atoms with van der Waals surface area (Å²) in [5.74, 6) is 0. The van der Waals surface area contributed by atoms with Gasteiger partial charge in [-0.3, -0.25) is 0 Å². The SMILES string of the molecule is C=Cc1cc2c(c(NCCCCC)c1CCC)CCC2. The molecule has 1 heteroatoms. The highest BCUT2D eigenvalue weighted by atomic mass is 14.9. The molecule has 0 bridgehead atoms. The van der Waals surface area contributed by atoms with Gasteiger partial charge in [-0.2, -0.15) is 0 Å². The Morgan fingerprint density at radius 3 is 2.75 bits per heavy atom. The Morgan fingerprint density at radius 1 is 1.20 bits per heavy atom. The van der Waals surface area contributed by atoms with Gasteiger partial charge in [0.1, 0.15) is 0 Å². The zero-order valence-electron chi connectivity index (χ0n) is 13.2.